The first-order chi connectivity index (χ1) is 13.9. The van der Waals surface area contributed by atoms with Gasteiger partial charge in [-0.2, -0.15) is 8.78 Å². The summed E-state index contributed by atoms with van der Waals surface area (Å²) in [7, 11) is 1.63. The van der Waals surface area contributed by atoms with Crippen LogP contribution in [-0.4, -0.2) is 18.9 Å². The van der Waals surface area contributed by atoms with Crippen LogP contribution in [-0.2, 0) is 11.8 Å². The monoisotopic (exact) mass is 418 g/mol. The number of para-hydroxylation sites is 1. The fraction of sp³-hybridized carbons (Fsp3) is 0.286. The lowest BCUT2D eigenvalue weighted by atomic mass is 9.79. The Bertz CT molecular complexity index is 1030. The minimum atomic E-state index is -2.84. The molecule has 0 unspecified atom stereocenters. The van der Waals surface area contributed by atoms with Gasteiger partial charge in [0.05, 0.1) is 7.11 Å². The van der Waals surface area contributed by atoms with Gasteiger partial charge in [0.2, 0.25) is 0 Å². The molecule has 0 amide bonds. The maximum atomic E-state index is 12.3. The van der Waals surface area contributed by atoms with Crippen molar-refractivity contribution in [2.45, 2.75) is 36.2 Å². The summed E-state index contributed by atoms with van der Waals surface area (Å²) in [6.07, 6.45) is 2.94. The van der Waals surface area contributed by atoms with Gasteiger partial charge < -0.3 is 19.7 Å². The number of rotatable bonds is 3. The van der Waals surface area contributed by atoms with Gasteiger partial charge in [-0.3, -0.25) is 0 Å². The Morgan fingerprint density at radius 2 is 1.97 bits per heavy atom. The van der Waals surface area contributed by atoms with Crippen molar-refractivity contribution in [3.8, 4) is 22.8 Å². The van der Waals surface area contributed by atoms with Crippen LogP contribution in [0.5, 0.6) is 11.5 Å². The van der Waals surface area contributed by atoms with Gasteiger partial charge in [0.25, 0.3) is 0 Å². The van der Waals surface area contributed by atoms with Gasteiger partial charge in [0, 0.05) is 21.4 Å². The van der Waals surface area contributed by atoms with Gasteiger partial charge in [-0.25, -0.2) is 0 Å². The number of benzene rings is 2. The van der Waals surface area contributed by atoms with Crippen LogP contribution < -0.4 is 15.2 Å². The van der Waals surface area contributed by atoms with Crippen LogP contribution in [0.4, 0.5) is 14.6 Å². The van der Waals surface area contributed by atoms with Crippen LogP contribution in [0.25, 0.3) is 11.3 Å². The summed E-state index contributed by atoms with van der Waals surface area (Å²) in [6, 6.07) is 12.6. The number of hydrogen-bond acceptors (Lipinski definition) is 6. The van der Waals surface area contributed by atoms with E-state index in [4.69, 9.17) is 15.0 Å². The first-order valence-electron chi connectivity index (χ1n) is 9.09. The zero-order valence-electron chi connectivity index (χ0n) is 15.7. The maximum absolute atomic E-state index is 12.3. The van der Waals surface area contributed by atoms with Crippen molar-refractivity contribution in [1.29, 1.82) is 0 Å². The molecule has 152 valence electrons. The third-order valence-electron chi connectivity index (χ3n) is 5.30. The molecule has 5 nitrogen and oxygen atoms in total. The summed E-state index contributed by atoms with van der Waals surface area (Å²) in [5.74, 6) is 1.91. The highest BCUT2D eigenvalue weighted by Gasteiger charge is 2.50. The lowest BCUT2D eigenvalue weighted by Crippen LogP contribution is -2.17. The molecule has 29 heavy (non-hydrogen) atoms. The number of halogens is 2. The molecule has 1 aromatic heterocycles. The summed E-state index contributed by atoms with van der Waals surface area (Å²) < 4.78 is 39.4. The molecule has 1 heterocycles. The molecule has 8 heteroatoms. The molecule has 1 fully saturated rings. The minimum Gasteiger partial charge on any atom is -0.496 e. The molecule has 3 aromatic rings. The summed E-state index contributed by atoms with van der Waals surface area (Å²) in [4.78, 5) is 0.875. The van der Waals surface area contributed by atoms with Crippen LogP contribution in [0.2, 0.25) is 0 Å². The molecule has 0 atom stereocenters. The number of fused-ring (bicyclic) bond motifs is 4. The van der Waals surface area contributed by atoms with Gasteiger partial charge in [0.1, 0.15) is 11.5 Å². The Labute approximate surface area is 172 Å². The first-order valence-corrected chi connectivity index (χ1v) is 9.54. The van der Waals surface area contributed by atoms with Crippen molar-refractivity contribution < 1.29 is 22.8 Å². The summed E-state index contributed by atoms with van der Waals surface area (Å²) in [5, 5.41) is 3.79. The van der Waals surface area contributed by atoms with E-state index in [0.29, 0.717) is 11.6 Å². The Morgan fingerprint density at radius 1 is 1.21 bits per heavy atom. The molecule has 0 saturated heterocycles. The van der Waals surface area contributed by atoms with Gasteiger partial charge >= 0.3 is 6.61 Å². The van der Waals surface area contributed by atoms with Crippen molar-refractivity contribution in [3.63, 3.8) is 0 Å². The Kier molecular flexibility index (Phi) is 5.12. The number of anilines is 1. The van der Waals surface area contributed by atoms with E-state index in [1.807, 2.05) is 30.3 Å². The van der Waals surface area contributed by atoms with E-state index >= 15 is 0 Å². The fourth-order valence-corrected chi connectivity index (χ4v) is 3.97. The van der Waals surface area contributed by atoms with Crippen molar-refractivity contribution in [3.05, 3.63) is 53.6 Å². The highest BCUT2D eigenvalue weighted by atomic mass is 32.1. The zero-order chi connectivity index (χ0) is 20.6. The van der Waals surface area contributed by atoms with Crippen molar-refractivity contribution in [2.75, 3.05) is 12.8 Å². The highest BCUT2D eigenvalue weighted by Crippen LogP contribution is 2.58. The van der Waals surface area contributed by atoms with Gasteiger partial charge in [-0.15, -0.1) is 12.6 Å². The van der Waals surface area contributed by atoms with E-state index in [0.717, 1.165) is 46.6 Å². The molecule has 5 rings (SSSR count). The third-order valence-corrected chi connectivity index (χ3v) is 5.67. The lowest BCUT2D eigenvalue weighted by molar-refractivity contribution is -0.0498. The molecule has 2 aromatic carbocycles. The average Bonchev–Trinajstić information content (AvgIpc) is 3.37. The molecule has 2 N–H and O–H groups in total. The SMILES string of the molecule is COc1ccccc1S.Nc1noc2c1CC1(CC1)c1ccc(OC(F)F)cc1-2. The van der Waals surface area contributed by atoms with Gasteiger partial charge in [-0.05, 0) is 49.1 Å². The van der Waals surface area contributed by atoms with Crippen molar-refractivity contribution in [1.82, 2.24) is 5.16 Å². The van der Waals surface area contributed by atoms with E-state index < -0.39 is 6.61 Å². The van der Waals surface area contributed by atoms with Gasteiger partial charge in [0.15, 0.2) is 11.6 Å². The number of nitrogens with two attached hydrogens (primary N) is 1. The Balaban J connectivity index is 0.000000192. The second-order valence-electron chi connectivity index (χ2n) is 7.09. The minimum absolute atomic E-state index is 0.0748. The number of nitrogen functional groups attached to an aromatic ring is 1. The number of aromatic nitrogens is 1. The van der Waals surface area contributed by atoms with E-state index in [1.165, 1.54) is 0 Å². The van der Waals surface area contributed by atoms with E-state index in [9.17, 15) is 8.78 Å². The smallest absolute Gasteiger partial charge is 0.387 e. The first kappa shape index (κ1) is 19.6. The Morgan fingerprint density at radius 3 is 2.59 bits per heavy atom. The summed E-state index contributed by atoms with van der Waals surface area (Å²) in [6.45, 7) is -2.84. The third kappa shape index (κ3) is 3.76. The fourth-order valence-electron chi connectivity index (χ4n) is 3.71. The molecular weight excluding hydrogens is 398 g/mol. The molecule has 0 aliphatic heterocycles. The number of nitrogens with zero attached hydrogens (tertiary/aromatic N) is 1. The largest absolute Gasteiger partial charge is 0.496 e. The van der Waals surface area contributed by atoms with E-state index in [1.54, 1.807) is 19.2 Å². The summed E-state index contributed by atoms with van der Waals surface area (Å²) in [5.41, 5.74) is 8.67. The summed E-state index contributed by atoms with van der Waals surface area (Å²) >= 11 is 4.15. The predicted octanol–water partition coefficient (Wildman–Crippen LogP) is 5.10. The molecule has 2 aliphatic carbocycles. The standard InChI is InChI=1S/C14H12F2N2O2.C7H8OS/c15-13(16)19-7-1-2-10-8(5-7)11-9(12(17)18-20-11)6-14(10)3-4-14;1-8-6-4-2-3-5-7(6)9/h1-2,5,13H,3-4,6H2,(H2,17,18);2-5,9H,1H3. The molecule has 2 aliphatic rings. The number of methoxy groups -OCH3 is 1. The van der Waals surface area contributed by atoms with Crippen LogP contribution in [0.3, 0.4) is 0 Å². The zero-order valence-corrected chi connectivity index (χ0v) is 16.6. The number of hydrogen-bond donors (Lipinski definition) is 2. The quantitative estimate of drug-likeness (QED) is 0.580. The molecular formula is C21H20F2N2O3S. The van der Waals surface area contributed by atoms with Crippen LogP contribution >= 0.6 is 12.6 Å². The topological polar surface area (TPSA) is 70.5 Å². The van der Waals surface area contributed by atoms with Crippen molar-refractivity contribution in [2.24, 2.45) is 0 Å². The van der Waals surface area contributed by atoms with E-state index in [2.05, 4.69) is 22.5 Å². The van der Waals surface area contributed by atoms with Crippen molar-refractivity contribution >= 4 is 18.4 Å². The Hall–Kier alpha value is -2.74. The lowest BCUT2D eigenvalue weighted by Gasteiger charge is -2.24. The highest BCUT2D eigenvalue weighted by molar-refractivity contribution is 7.80. The number of thiol groups is 1. The number of ether oxygens (including phenoxy) is 2. The molecule has 0 radical (unpaired) electrons. The number of alkyl halides is 2. The van der Waals surface area contributed by atoms with Gasteiger partial charge in [-0.1, -0.05) is 23.4 Å². The second-order valence-corrected chi connectivity index (χ2v) is 7.57. The predicted molar refractivity (Wildman–Crippen MR) is 108 cm³/mol. The molecule has 0 bridgehead atoms. The van der Waals surface area contributed by atoms with Crippen LogP contribution in [0.15, 0.2) is 51.9 Å². The van der Waals surface area contributed by atoms with Crippen LogP contribution in [0.1, 0.15) is 24.0 Å². The van der Waals surface area contributed by atoms with E-state index in [-0.39, 0.29) is 11.2 Å². The maximum Gasteiger partial charge on any atom is 0.387 e. The second kappa shape index (κ2) is 7.59. The normalized spacial score (nSPS) is 15.2. The average molecular weight is 418 g/mol. The molecule has 1 spiro atoms. The molecule has 1 saturated carbocycles. The van der Waals surface area contributed by atoms with Crippen LogP contribution in [0, 0.1) is 0 Å².